The molecule has 0 saturated heterocycles. The number of hydrogen-bond acceptors (Lipinski definition) is 3. The highest BCUT2D eigenvalue weighted by molar-refractivity contribution is 7.10. The number of nitrogens with two attached hydrogens (primary N) is 1. The highest BCUT2D eigenvalue weighted by Crippen LogP contribution is 2.35. The monoisotopic (exact) mass is 301 g/mol. The van der Waals surface area contributed by atoms with Crippen LogP contribution in [0.5, 0.6) is 5.75 Å². The molecule has 1 fully saturated rings. The van der Waals surface area contributed by atoms with E-state index in [2.05, 4.69) is 24.3 Å². The number of methoxy groups -OCH3 is 1. The Morgan fingerprint density at radius 3 is 2.48 bits per heavy atom. The maximum absolute atomic E-state index is 6.40. The SMILES string of the molecule is COc1ccsc1C(N)c1ccc(C2CCCCC2)cc1. The summed E-state index contributed by atoms with van der Waals surface area (Å²) in [7, 11) is 1.70. The molecule has 0 radical (unpaired) electrons. The average Bonchev–Trinajstić information content (AvgIpc) is 3.04. The molecule has 0 bridgehead atoms. The first-order valence-electron chi connectivity index (χ1n) is 7.76. The fraction of sp³-hybridized carbons (Fsp3) is 0.444. The van der Waals surface area contributed by atoms with Gasteiger partial charge in [-0.25, -0.2) is 0 Å². The van der Waals surface area contributed by atoms with Crippen molar-refractivity contribution in [2.24, 2.45) is 5.73 Å². The van der Waals surface area contributed by atoms with Gasteiger partial charge < -0.3 is 10.5 Å². The van der Waals surface area contributed by atoms with Crippen LogP contribution in [0.1, 0.15) is 60.1 Å². The van der Waals surface area contributed by atoms with Crippen LogP contribution in [-0.2, 0) is 0 Å². The van der Waals surface area contributed by atoms with Crippen molar-refractivity contribution in [1.29, 1.82) is 0 Å². The van der Waals surface area contributed by atoms with Crippen LogP contribution in [0.25, 0.3) is 0 Å². The van der Waals surface area contributed by atoms with Crippen molar-refractivity contribution >= 4 is 11.3 Å². The van der Waals surface area contributed by atoms with E-state index in [0.717, 1.165) is 22.1 Å². The average molecular weight is 301 g/mol. The van der Waals surface area contributed by atoms with Gasteiger partial charge in [-0.1, -0.05) is 43.5 Å². The molecule has 112 valence electrons. The van der Waals surface area contributed by atoms with Crippen molar-refractivity contribution in [3.05, 3.63) is 51.7 Å². The van der Waals surface area contributed by atoms with E-state index in [0.29, 0.717) is 0 Å². The zero-order valence-corrected chi connectivity index (χ0v) is 13.4. The molecule has 0 amide bonds. The second kappa shape index (κ2) is 6.63. The fourth-order valence-electron chi connectivity index (χ4n) is 3.27. The highest BCUT2D eigenvalue weighted by atomic mass is 32.1. The molecule has 3 heteroatoms. The summed E-state index contributed by atoms with van der Waals surface area (Å²) in [6.45, 7) is 0. The summed E-state index contributed by atoms with van der Waals surface area (Å²) in [6, 6.07) is 10.8. The van der Waals surface area contributed by atoms with Gasteiger partial charge in [0.1, 0.15) is 5.75 Å². The molecule has 1 heterocycles. The van der Waals surface area contributed by atoms with E-state index < -0.39 is 0 Å². The highest BCUT2D eigenvalue weighted by Gasteiger charge is 2.18. The molecule has 1 aliphatic rings. The van der Waals surface area contributed by atoms with E-state index in [1.165, 1.54) is 37.7 Å². The number of rotatable bonds is 4. The minimum Gasteiger partial charge on any atom is -0.496 e. The lowest BCUT2D eigenvalue weighted by molar-refractivity contribution is 0.411. The normalized spacial score (nSPS) is 17.6. The van der Waals surface area contributed by atoms with E-state index in [-0.39, 0.29) is 6.04 Å². The molecule has 2 nitrogen and oxygen atoms in total. The molecule has 1 aliphatic carbocycles. The zero-order valence-electron chi connectivity index (χ0n) is 12.5. The molecular weight excluding hydrogens is 278 g/mol. The minimum atomic E-state index is -0.0969. The summed E-state index contributed by atoms with van der Waals surface area (Å²) in [5.74, 6) is 1.64. The third-order valence-electron chi connectivity index (χ3n) is 4.53. The molecule has 0 spiro atoms. The van der Waals surface area contributed by atoms with Crippen molar-refractivity contribution in [1.82, 2.24) is 0 Å². The largest absolute Gasteiger partial charge is 0.496 e. The number of hydrogen-bond donors (Lipinski definition) is 1. The Morgan fingerprint density at radius 1 is 1.10 bits per heavy atom. The molecule has 21 heavy (non-hydrogen) atoms. The third kappa shape index (κ3) is 3.14. The van der Waals surface area contributed by atoms with Gasteiger partial charge >= 0.3 is 0 Å². The third-order valence-corrected chi connectivity index (χ3v) is 5.51. The molecule has 1 saturated carbocycles. The van der Waals surface area contributed by atoms with Gasteiger partial charge in [0, 0.05) is 0 Å². The van der Waals surface area contributed by atoms with Crippen LogP contribution in [-0.4, -0.2) is 7.11 Å². The van der Waals surface area contributed by atoms with Gasteiger partial charge in [0.2, 0.25) is 0 Å². The van der Waals surface area contributed by atoms with Crippen LogP contribution < -0.4 is 10.5 Å². The second-order valence-electron chi connectivity index (χ2n) is 5.83. The second-order valence-corrected chi connectivity index (χ2v) is 6.78. The summed E-state index contributed by atoms with van der Waals surface area (Å²) >= 11 is 1.66. The van der Waals surface area contributed by atoms with Gasteiger partial charge in [-0.3, -0.25) is 0 Å². The Kier molecular flexibility index (Phi) is 4.61. The first kappa shape index (κ1) is 14.6. The lowest BCUT2D eigenvalue weighted by Crippen LogP contribution is -2.11. The minimum absolute atomic E-state index is 0.0969. The maximum atomic E-state index is 6.40. The van der Waals surface area contributed by atoms with Crippen LogP contribution in [0.15, 0.2) is 35.7 Å². The van der Waals surface area contributed by atoms with E-state index in [1.807, 2.05) is 11.4 Å². The predicted octanol–water partition coefficient (Wildman–Crippen LogP) is 4.85. The van der Waals surface area contributed by atoms with Gasteiger partial charge in [0.25, 0.3) is 0 Å². The Labute approximate surface area is 130 Å². The van der Waals surface area contributed by atoms with Gasteiger partial charge in [0.15, 0.2) is 0 Å². The molecule has 1 aromatic carbocycles. The van der Waals surface area contributed by atoms with E-state index in [1.54, 1.807) is 18.4 Å². The fourth-order valence-corrected chi connectivity index (χ4v) is 4.16. The van der Waals surface area contributed by atoms with Gasteiger partial charge in [0.05, 0.1) is 18.0 Å². The van der Waals surface area contributed by atoms with Crippen molar-refractivity contribution in [3.63, 3.8) is 0 Å². The number of benzene rings is 1. The molecule has 2 N–H and O–H groups in total. The lowest BCUT2D eigenvalue weighted by Gasteiger charge is -2.22. The van der Waals surface area contributed by atoms with Crippen LogP contribution in [0.2, 0.25) is 0 Å². The Hall–Kier alpha value is -1.32. The van der Waals surface area contributed by atoms with E-state index in [4.69, 9.17) is 10.5 Å². The Balaban J connectivity index is 1.77. The van der Waals surface area contributed by atoms with Crippen LogP contribution in [0.3, 0.4) is 0 Å². The first-order chi connectivity index (χ1) is 10.3. The lowest BCUT2D eigenvalue weighted by atomic mass is 9.83. The number of ether oxygens (including phenoxy) is 1. The van der Waals surface area contributed by atoms with Gasteiger partial charge in [-0.15, -0.1) is 11.3 Å². The first-order valence-corrected chi connectivity index (χ1v) is 8.64. The molecular formula is C18H23NOS. The summed E-state index contributed by atoms with van der Waals surface area (Å²) in [5, 5.41) is 2.03. The number of thiophene rings is 1. The quantitative estimate of drug-likeness (QED) is 0.876. The Morgan fingerprint density at radius 2 is 1.81 bits per heavy atom. The van der Waals surface area contributed by atoms with Crippen molar-refractivity contribution < 1.29 is 4.74 Å². The van der Waals surface area contributed by atoms with Crippen molar-refractivity contribution in [3.8, 4) is 5.75 Å². The van der Waals surface area contributed by atoms with Gasteiger partial charge in [-0.05, 0) is 41.3 Å². The topological polar surface area (TPSA) is 35.2 Å². The zero-order chi connectivity index (χ0) is 14.7. The van der Waals surface area contributed by atoms with Crippen molar-refractivity contribution in [2.45, 2.75) is 44.1 Å². The Bertz CT molecular complexity index is 569. The van der Waals surface area contributed by atoms with Crippen LogP contribution in [0, 0.1) is 0 Å². The molecule has 0 aliphatic heterocycles. The molecule has 1 aromatic heterocycles. The van der Waals surface area contributed by atoms with Crippen LogP contribution in [0.4, 0.5) is 0 Å². The molecule has 1 atom stereocenters. The maximum Gasteiger partial charge on any atom is 0.134 e. The summed E-state index contributed by atoms with van der Waals surface area (Å²) in [5.41, 5.74) is 9.03. The standard InChI is InChI=1S/C18H23NOS/c1-20-16-11-12-21-18(16)17(19)15-9-7-14(8-10-15)13-5-3-2-4-6-13/h7-13,17H,2-6,19H2,1H3. The van der Waals surface area contributed by atoms with Crippen molar-refractivity contribution in [2.75, 3.05) is 7.11 Å². The van der Waals surface area contributed by atoms with E-state index in [9.17, 15) is 0 Å². The van der Waals surface area contributed by atoms with E-state index >= 15 is 0 Å². The smallest absolute Gasteiger partial charge is 0.134 e. The summed E-state index contributed by atoms with van der Waals surface area (Å²) in [6.07, 6.45) is 6.82. The molecule has 3 rings (SSSR count). The molecule has 2 aromatic rings. The molecule has 1 unspecified atom stereocenters. The van der Waals surface area contributed by atoms with Gasteiger partial charge in [-0.2, -0.15) is 0 Å². The summed E-state index contributed by atoms with van der Waals surface area (Å²) in [4.78, 5) is 1.10. The predicted molar refractivity (Wildman–Crippen MR) is 89.2 cm³/mol. The van der Waals surface area contributed by atoms with Crippen LogP contribution >= 0.6 is 11.3 Å². The summed E-state index contributed by atoms with van der Waals surface area (Å²) < 4.78 is 5.38.